The number of fused-ring (bicyclic) bond motifs is 1. The number of carbonyl (C=O) groups excluding carboxylic acids is 2. The van der Waals surface area contributed by atoms with Crippen LogP contribution < -0.4 is 14.8 Å². The Balaban J connectivity index is 1.18. The van der Waals surface area contributed by atoms with Crippen molar-refractivity contribution in [1.29, 1.82) is 0 Å². The van der Waals surface area contributed by atoms with Crippen LogP contribution in [0.1, 0.15) is 32.6 Å². The molecule has 31 heavy (non-hydrogen) atoms. The molecule has 2 aliphatic heterocycles. The number of rotatable bonds is 7. The van der Waals surface area contributed by atoms with Gasteiger partial charge in [-0.25, -0.2) is 0 Å². The summed E-state index contributed by atoms with van der Waals surface area (Å²) in [7, 11) is 0. The number of nitrogens with one attached hydrogen (secondary N) is 1. The van der Waals surface area contributed by atoms with Gasteiger partial charge in [-0.3, -0.25) is 14.3 Å². The molecule has 0 spiro atoms. The molecule has 0 bridgehead atoms. The normalized spacial score (nSPS) is 17.3. The smallest absolute Gasteiger partial charge is 0.227 e. The molecule has 4 rings (SSSR count). The number of anilines is 1. The molecule has 0 radical (unpaired) electrons. The fraction of sp³-hybridized carbons (Fsp3) is 0.522. The van der Waals surface area contributed by atoms with Crippen molar-refractivity contribution in [1.82, 2.24) is 14.7 Å². The first-order chi connectivity index (χ1) is 15.1. The second-order valence-corrected chi connectivity index (χ2v) is 8.34. The van der Waals surface area contributed by atoms with E-state index in [0.29, 0.717) is 43.6 Å². The van der Waals surface area contributed by atoms with E-state index >= 15 is 0 Å². The van der Waals surface area contributed by atoms with Crippen LogP contribution in [-0.4, -0.2) is 52.8 Å². The van der Waals surface area contributed by atoms with Crippen molar-refractivity contribution in [3.8, 4) is 11.5 Å². The van der Waals surface area contributed by atoms with Crippen LogP contribution in [0.15, 0.2) is 36.7 Å². The summed E-state index contributed by atoms with van der Waals surface area (Å²) in [4.78, 5) is 27.0. The molecular weight excluding hydrogens is 396 g/mol. The average molecular weight is 427 g/mol. The zero-order valence-electron chi connectivity index (χ0n) is 18.0. The second-order valence-electron chi connectivity index (χ2n) is 8.34. The zero-order valence-corrected chi connectivity index (χ0v) is 18.0. The summed E-state index contributed by atoms with van der Waals surface area (Å²) in [6.07, 6.45) is 6.80. The van der Waals surface area contributed by atoms with Gasteiger partial charge in [0.05, 0.1) is 12.5 Å². The van der Waals surface area contributed by atoms with Gasteiger partial charge in [0.15, 0.2) is 11.5 Å². The van der Waals surface area contributed by atoms with Crippen molar-refractivity contribution in [3.05, 3.63) is 36.7 Å². The molecule has 8 heteroatoms. The highest BCUT2D eigenvalue weighted by atomic mass is 16.6. The molecule has 1 atom stereocenters. The van der Waals surface area contributed by atoms with E-state index in [9.17, 15) is 9.59 Å². The number of ether oxygens (including phenoxy) is 2. The minimum absolute atomic E-state index is 0.00280. The molecule has 2 aromatic rings. The molecular formula is C23H30N4O4. The molecule has 0 saturated carbocycles. The van der Waals surface area contributed by atoms with E-state index in [1.54, 1.807) is 16.9 Å². The summed E-state index contributed by atoms with van der Waals surface area (Å²) in [5, 5.41) is 7.13. The summed E-state index contributed by atoms with van der Waals surface area (Å²) in [6.45, 7) is 5.15. The van der Waals surface area contributed by atoms with Gasteiger partial charge in [-0.2, -0.15) is 5.10 Å². The Kier molecular flexibility index (Phi) is 6.74. The molecule has 2 aliphatic rings. The van der Waals surface area contributed by atoms with Gasteiger partial charge in [-0.05, 0) is 43.4 Å². The Morgan fingerprint density at radius 1 is 1.19 bits per heavy atom. The van der Waals surface area contributed by atoms with Crippen LogP contribution in [-0.2, 0) is 16.1 Å². The van der Waals surface area contributed by atoms with E-state index in [0.717, 1.165) is 38.0 Å². The van der Waals surface area contributed by atoms with E-state index in [2.05, 4.69) is 10.4 Å². The fourth-order valence-electron chi connectivity index (χ4n) is 4.20. The van der Waals surface area contributed by atoms with Gasteiger partial charge in [0.25, 0.3) is 0 Å². The van der Waals surface area contributed by atoms with Crippen LogP contribution in [0.4, 0.5) is 5.69 Å². The molecule has 1 unspecified atom stereocenters. The molecule has 1 N–H and O–H groups in total. The molecule has 1 saturated heterocycles. The summed E-state index contributed by atoms with van der Waals surface area (Å²) >= 11 is 0. The number of carbonyl (C=O) groups is 2. The van der Waals surface area contributed by atoms with Crippen LogP contribution in [0, 0.1) is 11.8 Å². The number of amides is 2. The standard InChI is InChI=1S/C23H30N4O4/c1-17(16-27-10-2-9-24-27)23(29)26-11-7-18(8-12-26)3-6-22(28)25-19-4-5-20-21(15-19)31-14-13-30-20/h2,4-5,9-10,15,17-18H,3,6-8,11-14,16H2,1H3,(H,25,28). The van der Waals surface area contributed by atoms with Gasteiger partial charge in [-0.1, -0.05) is 6.92 Å². The Morgan fingerprint density at radius 3 is 2.71 bits per heavy atom. The molecule has 0 aliphatic carbocycles. The third-order valence-corrected chi connectivity index (χ3v) is 5.97. The first-order valence-corrected chi connectivity index (χ1v) is 11.0. The van der Waals surface area contributed by atoms with E-state index in [4.69, 9.17) is 9.47 Å². The lowest BCUT2D eigenvalue weighted by Crippen LogP contribution is -2.42. The van der Waals surface area contributed by atoms with Gasteiger partial charge in [-0.15, -0.1) is 0 Å². The fourth-order valence-corrected chi connectivity index (χ4v) is 4.20. The van der Waals surface area contributed by atoms with E-state index in [1.807, 2.05) is 36.2 Å². The van der Waals surface area contributed by atoms with Gasteiger partial charge in [0.1, 0.15) is 13.2 Å². The van der Waals surface area contributed by atoms with Gasteiger partial charge in [0, 0.05) is 43.7 Å². The summed E-state index contributed by atoms with van der Waals surface area (Å²) in [6, 6.07) is 7.33. The van der Waals surface area contributed by atoms with Crippen LogP contribution in [0.3, 0.4) is 0 Å². The molecule has 2 amide bonds. The third kappa shape index (κ3) is 5.57. The minimum atomic E-state index is -0.0896. The number of piperidine rings is 1. The van der Waals surface area contributed by atoms with Crippen molar-refractivity contribution >= 4 is 17.5 Å². The lowest BCUT2D eigenvalue weighted by Gasteiger charge is -2.33. The topological polar surface area (TPSA) is 85.7 Å². The number of nitrogens with zero attached hydrogens (tertiary/aromatic N) is 3. The zero-order chi connectivity index (χ0) is 21.6. The monoisotopic (exact) mass is 426 g/mol. The van der Waals surface area contributed by atoms with Crippen LogP contribution >= 0.6 is 0 Å². The van der Waals surface area contributed by atoms with Gasteiger partial charge in [0.2, 0.25) is 11.8 Å². The first-order valence-electron chi connectivity index (χ1n) is 11.0. The van der Waals surface area contributed by atoms with E-state index < -0.39 is 0 Å². The SMILES string of the molecule is CC(Cn1cccn1)C(=O)N1CCC(CCC(=O)Nc2ccc3c(c2)OCCO3)CC1. The molecule has 1 aromatic heterocycles. The van der Waals surface area contributed by atoms with Crippen molar-refractivity contribution in [3.63, 3.8) is 0 Å². The van der Waals surface area contributed by atoms with Crippen LogP contribution in [0.25, 0.3) is 0 Å². The predicted octanol–water partition coefficient (Wildman–Crippen LogP) is 2.95. The number of benzene rings is 1. The first kappa shape index (κ1) is 21.2. The van der Waals surface area contributed by atoms with Gasteiger partial charge < -0.3 is 19.7 Å². The van der Waals surface area contributed by atoms with Gasteiger partial charge >= 0.3 is 0 Å². The molecule has 8 nitrogen and oxygen atoms in total. The maximum Gasteiger partial charge on any atom is 0.227 e. The molecule has 166 valence electrons. The van der Waals surface area contributed by atoms with E-state index in [1.165, 1.54) is 0 Å². The molecule has 3 heterocycles. The maximum absolute atomic E-state index is 12.7. The highest BCUT2D eigenvalue weighted by Crippen LogP contribution is 2.32. The number of aromatic nitrogens is 2. The lowest BCUT2D eigenvalue weighted by atomic mass is 9.91. The Labute approximate surface area is 182 Å². The minimum Gasteiger partial charge on any atom is -0.486 e. The van der Waals surface area contributed by atoms with Crippen molar-refractivity contribution < 1.29 is 19.1 Å². The summed E-state index contributed by atoms with van der Waals surface area (Å²) < 4.78 is 12.9. The lowest BCUT2D eigenvalue weighted by molar-refractivity contribution is -0.137. The van der Waals surface area contributed by atoms with Crippen molar-refractivity contribution in [2.45, 2.75) is 39.2 Å². The van der Waals surface area contributed by atoms with Crippen LogP contribution in [0.2, 0.25) is 0 Å². The average Bonchev–Trinajstić information content (AvgIpc) is 3.30. The summed E-state index contributed by atoms with van der Waals surface area (Å²) in [5.41, 5.74) is 0.723. The Hall–Kier alpha value is -3.03. The number of hydrogen-bond donors (Lipinski definition) is 1. The predicted molar refractivity (Wildman–Crippen MR) is 116 cm³/mol. The molecule has 1 fully saturated rings. The highest BCUT2D eigenvalue weighted by Gasteiger charge is 2.26. The van der Waals surface area contributed by atoms with Crippen molar-refractivity contribution in [2.24, 2.45) is 11.8 Å². The third-order valence-electron chi connectivity index (χ3n) is 5.97. The Bertz CT molecular complexity index is 891. The number of likely N-dealkylation sites (tertiary alicyclic amines) is 1. The largest absolute Gasteiger partial charge is 0.486 e. The second kappa shape index (κ2) is 9.85. The Morgan fingerprint density at radius 2 is 1.97 bits per heavy atom. The molecule has 1 aromatic carbocycles. The van der Waals surface area contributed by atoms with Crippen molar-refractivity contribution in [2.75, 3.05) is 31.6 Å². The highest BCUT2D eigenvalue weighted by molar-refractivity contribution is 5.91. The summed E-state index contributed by atoms with van der Waals surface area (Å²) in [5.74, 6) is 1.95. The van der Waals surface area contributed by atoms with Crippen LogP contribution in [0.5, 0.6) is 11.5 Å². The maximum atomic E-state index is 12.7. The quantitative estimate of drug-likeness (QED) is 0.736. The number of hydrogen-bond acceptors (Lipinski definition) is 5. The van der Waals surface area contributed by atoms with E-state index in [-0.39, 0.29) is 17.7 Å².